The fourth-order valence-corrected chi connectivity index (χ4v) is 1.71. The maximum Gasteiger partial charge on any atom is 0.321 e. The largest absolute Gasteiger partial charge is 0.465 e. The number of H-pyrrole nitrogens is 1. The number of nitrogens with zero attached hydrogens (tertiary/aromatic N) is 1. The maximum absolute atomic E-state index is 11.4. The number of hydrogen-bond donors (Lipinski definition) is 2. The predicted molar refractivity (Wildman–Crippen MR) is 50.4 cm³/mol. The van der Waals surface area contributed by atoms with Crippen molar-refractivity contribution in [3.63, 3.8) is 0 Å². The Morgan fingerprint density at radius 3 is 2.93 bits per heavy atom. The van der Waals surface area contributed by atoms with Crippen LogP contribution in [-0.4, -0.2) is 37.7 Å². The van der Waals surface area contributed by atoms with Gasteiger partial charge in [0.1, 0.15) is 11.4 Å². The van der Waals surface area contributed by atoms with Crippen molar-refractivity contribution < 1.29 is 17.9 Å². The van der Waals surface area contributed by atoms with Crippen LogP contribution in [-0.2, 0) is 19.6 Å². The van der Waals surface area contributed by atoms with Gasteiger partial charge in [0.15, 0.2) is 0 Å². The molecule has 0 saturated heterocycles. The van der Waals surface area contributed by atoms with E-state index in [2.05, 4.69) is 19.7 Å². The van der Waals surface area contributed by atoms with Gasteiger partial charge in [-0.05, 0) is 6.92 Å². The highest BCUT2D eigenvalue weighted by Crippen LogP contribution is 2.03. The van der Waals surface area contributed by atoms with Gasteiger partial charge in [0, 0.05) is 6.20 Å². The molecule has 1 aromatic heterocycles. The van der Waals surface area contributed by atoms with Crippen LogP contribution < -0.4 is 4.72 Å². The molecule has 0 fully saturated rings. The van der Waals surface area contributed by atoms with Crippen LogP contribution in [0.5, 0.6) is 0 Å². The molecule has 0 atom stereocenters. The monoisotopic (exact) mass is 233 g/mol. The first-order chi connectivity index (χ1) is 7.06. The summed E-state index contributed by atoms with van der Waals surface area (Å²) in [5.41, 5.74) is 0. The fourth-order valence-electron chi connectivity index (χ4n) is 0.835. The highest BCUT2D eigenvalue weighted by Gasteiger charge is 2.16. The second kappa shape index (κ2) is 4.89. The zero-order valence-corrected chi connectivity index (χ0v) is 8.87. The number of aromatic amines is 1. The highest BCUT2D eigenvalue weighted by atomic mass is 32.2. The van der Waals surface area contributed by atoms with Gasteiger partial charge in [-0.15, -0.1) is 0 Å². The van der Waals surface area contributed by atoms with E-state index >= 15 is 0 Å². The van der Waals surface area contributed by atoms with E-state index in [0.29, 0.717) is 0 Å². The molecule has 1 rings (SSSR count). The van der Waals surface area contributed by atoms with Gasteiger partial charge in [0.05, 0.1) is 12.8 Å². The lowest BCUT2D eigenvalue weighted by Crippen LogP contribution is -2.30. The second-order valence-electron chi connectivity index (χ2n) is 2.56. The van der Waals surface area contributed by atoms with E-state index in [1.807, 2.05) is 0 Å². The Kier molecular flexibility index (Phi) is 3.81. The van der Waals surface area contributed by atoms with Crippen LogP contribution >= 0.6 is 0 Å². The molecule has 0 unspecified atom stereocenters. The molecule has 1 heterocycles. The third-order valence-electron chi connectivity index (χ3n) is 1.50. The van der Waals surface area contributed by atoms with Crippen LogP contribution in [0, 0.1) is 0 Å². The maximum atomic E-state index is 11.4. The van der Waals surface area contributed by atoms with Gasteiger partial charge in [-0.3, -0.25) is 9.89 Å². The average Bonchev–Trinajstić information content (AvgIpc) is 2.69. The minimum Gasteiger partial charge on any atom is -0.465 e. The van der Waals surface area contributed by atoms with Crippen LogP contribution in [0.1, 0.15) is 6.92 Å². The van der Waals surface area contributed by atoms with Crippen molar-refractivity contribution in [1.29, 1.82) is 0 Å². The standard InChI is InChI=1S/C7H11N3O4S/c1-2-14-7(11)5-10-15(12,13)6-3-8-9-4-6/h3-4,10H,2,5H2,1H3,(H,8,9). The van der Waals surface area contributed by atoms with E-state index in [4.69, 9.17) is 0 Å². The first kappa shape index (κ1) is 11.7. The van der Waals surface area contributed by atoms with Gasteiger partial charge >= 0.3 is 5.97 Å². The molecular formula is C7H11N3O4S. The molecule has 0 saturated carbocycles. The molecule has 0 amide bonds. The molecule has 7 nitrogen and oxygen atoms in total. The minimum atomic E-state index is -3.67. The van der Waals surface area contributed by atoms with Crippen molar-refractivity contribution in [2.75, 3.05) is 13.2 Å². The molecular weight excluding hydrogens is 222 g/mol. The summed E-state index contributed by atoms with van der Waals surface area (Å²) in [5.74, 6) is -0.621. The Bertz CT molecular complexity index is 411. The Morgan fingerprint density at radius 2 is 2.40 bits per heavy atom. The number of sulfonamides is 1. The first-order valence-electron chi connectivity index (χ1n) is 4.20. The van der Waals surface area contributed by atoms with Crippen LogP contribution in [0.15, 0.2) is 17.3 Å². The SMILES string of the molecule is CCOC(=O)CNS(=O)(=O)c1cn[nH]c1. The summed E-state index contributed by atoms with van der Waals surface area (Å²) >= 11 is 0. The van der Waals surface area contributed by atoms with Gasteiger partial charge < -0.3 is 4.74 Å². The first-order valence-corrected chi connectivity index (χ1v) is 5.68. The van der Waals surface area contributed by atoms with Crippen molar-refractivity contribution in [3.05, 3.63) is 12.4 Å². The summed E-state index contributed by atoms with van der Waals surface area (Å²) in [7, 11) is -3.67. The fraction of sp³-hybridized carbons (Fsp3) is 0.429. The number of carbonyl (C=O) groups is 1. The van der Waals surface area contributed by atoms with Crippen molar-refractivity contribution in [2.45, 2.75) is 11.8 Å². The smallest absolute Gasteiger partial charge is 0.321 e. The topological polar surface area (TPSA) is 101 Å². The Morgan fingerprint density at radius 1 is 1.67 bits per heavy atom. The molecule has 0 aliphatic heterocycles. The van der Waals surface area contributed by atoms with E-state index in [1.54, 1.807) is 6.92 Å². The zero-order chi connectivity index (χ0) is 11.3. The highest BCUT2D eigenvalue weighted by molar-refractivity contribution is 7.89. The van der Waals surface area contributed by atoms with Crippen LogP contribution in [0.4, 0.5) is 0 Å². The molecule has 8 heteroatoms. The Hall–Kier alpha value is -1.41. The van der Waals surface area contributed by atoms with Gasteiger partial charge in [0.2, 0.25) is 10.0 Å². The Balaban J connectivity index is 2.55. The number of esters is 1. The molecule has 1 aromatic rings. The minimum absolute atomic E-state index is 0.0215. The van der Waals surface area contributed by atoms with Crippen LogP contribution in [0.3, 0.4) is 0 Å². The summed E-state index contributed by atoms with van der Waals surface area (Å²) in [6.07, 6.45) is 2.36. The number of carbonyl (C=O) groups excluding carboxylic acids is 1. The summed E-state index contributed by atoms with van der Waals surface area (Å²) < 4.78 is 29.5. The molecule has 0 spiro atoms. The van der Waals surface area contributed by atoms with Crippen molar-refractivity contribution in [1.82, 2.24) is 14.9 Å². The zero-order valence-electron chi connectivity index (χ0n) is 8.06. The summed E-state index contributed by atoms with van der Waals surface area (Å²) in [5, 5.41) is 5.85. The van der Waals surface area contributed by atoms with Gasteiger partial charge in [-0.25, -0.2) is 8.42 Å². The summed E-state index contributed by atoms with van der Waals surface area (Å²) in [6.45, 7) is 1.47. The molecule has 2 N–H and O–H groups in total. The lowest BCUT2D eigenvalue weighted by atomic mass is 10.7. The number of hydrogen-bond acceptors (Lipinski definition) is 5. The molecule has 0 aromatic carbocycles. The van der Waals surface area contributed by atoms with E-state index in [1.165, 1.54) is 6.20 Å². The summed E-state index contributed by atoms with van der Waals surface area (Å²) in [4.78, 5) is 10.9. The average molecular weight is 233 g/mol. The van der Waals surface area contributed by atoms with Crippen LogP contribution in [0.25, 0.3) is 0 Å². The van der Waals surface area contributed by atoms with Crippen molar-refractivity contribution in [3.8, 4) is 0 Å². The second-order valence-corrected chi connectivity index (χ2v) is 4.33. The molecule has 0 bridgehead atoms. The van der Waals surface area contributed by atoms with E-state index in [0.717, 1.165) is 6.20 Å². The van der Waals surface area contributed by atoms with Gasteiger partial charge in [-0.2, -0.15) is 9.82 Å². The Labute approximate surface area is 86.9 Å². The number of ether oxygens (including phenoxy) is 1. The summed E-state index contributed by atoms with van der Waals surface area (Å²) in [6, 6.07) is 0. The van der Waals surface area contributed by atoms with E-state index in [9.17, 15) is 13.2 Å². The molecule has 0 aliphatic rings. The van der Waals surface area contributed by atoms with Crippen molar-refractivity contribution >= 4 is 16.0 Å². The third kappa shape index (κ3) is 3.33. The van der Waals surface area contributed by atoms with E-state index in [-0.39, 0.29) is 18.0 Å². The van der Waals surface area contributed by atoms with E-state index < -0.39 is 16.0 Å². The molecule has 0 radical (unpaired) electrons. The van der Waals surface area contributed by atoms with Gasteiger partial charge in [0.25, 0.3) is 0 Å². The predicted octanol–water partition coefficient (Wildman–Crippen LogP) is -0.749. The third-order valence-corrected chi connectivity index (χ3v) is 2.86. The van der Waals surface area contributed by atoms with Crippen molar-refractivity contribution in [2.24, 2.45) is 0 Å². The molecule has 84 valence electrons. The number of rotatable bonds is 5. The lowest BCUT2D eigenvalue weighted by molar-refractivity contribution is -0.141. The van der Waals surface area contributed by atoms with Crippen LogP contribution in [0.2, 0.25) is 0 Å². The molecule has 15 heavy (non-hydrogen) atoms. The van der Waals surface area contributed by atoms with Gasteiger partial charge in [-0.1, -0.05) is 0 Å². The number of aromatic nitrogens is 2. The lowest BCUT2D eigenvalue weighted by Gasteiger charge is -2.03. The normalized spacial score (nSPS) is 11.3. The quantitative estimate of drug-likeness (QED) is 0.652. The molecule has 0 aliphatic carbocycles. The number of nitrogens with one attached hydrogen (secondary N) is 2.